The Bertz CT molecular complexity index is 1270. The molecule has 3 aliphatic rings. The molecule has 8 nitrogen and oxygen atoms in total. The van der Waals surface area contributed by atoms with Crippen LogP contribution >= 0.6 is 11.6 Å². The molecule has 2 fully saturated rings. The maximum atomic E-state index is 13.7. The van der Waals surface area contributed by atoms with E-state index in [0.717, 1.165) is 61.5 Å². The van der Waals surface area contributed by atoms with E-state index < -0.39 is 10.0 Å². The Kier molecular flexibility index (Phi) is 8.48. The van der Waals surface area contributed by atoms with E-state index in [4.69, 9.17) is 16.1 Å². The van der Waals surface area contributed by atoms with Crippen molar-refractivity contribution in [2.24, 2.45) is 0 Å². The van der Waals surface area contributed by atoms with E-state index in [0.29, 0.717) is 54.4 Å². The van der Waals surface area contributed by atoms with E-state index in [1.807, 2.05) is 11.8 Å². The quantitative estimate of drug-likeness (QED) is 0.480. The lowest BCUT2D eigenvalue weighted by molar-refractivity contribution is -0.132. The van der Waals surface area contributed by atoms with Crippen LogP contribution in [0.5, 0.6) is 0 Å². The first-order valence-electron chi connectivity index (χ1n) is 14.0. The number of fused-ring (bicyclic) bond motifs is 1. The number of aromatic nitrogens is 1. The van der Waals surface area contributed by atoms with Crippen molar-refractivity contribution in [3.8, 4) is 0 Å². The van der Waals surface area contributed by atoms with Gasteiger partial charge in [0.05, 0.1) is 11.4 Å². The Balaban J connectivity index is 1.24. The summed E-state index contributed by atoms with van der Waals surface area (Å²) in [7, 11) is -3.68. The molecule has 0 saturated carbocycles. The predicted molar refractivity (Wildman–Crippen MR) is 146 cm³/mol. The monoisotopic (exact) mass is 562 g/mol. The van der Waals surface area contributed by atoms with Gasteiger partial charge in [0, 0.05) is 49.1 Å². The highest BCUT2D eigenvalue weighted by Crippen LogP contribution is 2.32. The summed E-state index contributed by atoms with van der Waals surface area (Å²) in [5, 5.41) is 4.92. The summed E-state index contributed by atoms with van der Waals surface area (Å²) in [6.07, 6.45) is 7.82. The molecule has 2 aromatic rings. The van der Waals surface area contributed by atoms with Gasteiger partial charge in [-0.1, -0.05) is 29.6 Å². The SMILES string of the molecule is Cc1cc(S(=O)(=O)N2CCCCC2CCC(=O)N2CCc3onc(CN4CCCCC4)c3C2)c(C)cc1Cl. The molecule has 4 heterocycles. The van der Waals surface area contributed by atoms with Crippen molar-refractivity contribution >= 4 is 27.5 Å². The van der Waals surface area contributed by atoms with E-state index in [9.17, 15) is 13.2 Å². The lowest BCUT2D eigenvalue weighted by Gasteiger charge is -2.35. The number of nitrogens with zero attached hydrogens (tertiary/aromatic N) is 4. The molecule has 0 bridgehead atoms. The molecule has 0 radical (unpaired) electrons. The highest BCUT2D eigenvalue weighted by Gasteiger charge is 2.35. The molecular weight excluding hydrogens is 524 g/mol. The molecular formula is C28H39ClN4O4S. The van der Waals surface area contributed by atoms with Crippen LogP contribution in [-0.2, 0) is 34.3 Å². The molecule has 38 heavy (non-hydrogen) atoms. The van der Waals surface area contributed by atoms with Gasteiger partial charge in [-0.05, 0) is 82.3 Å². The van der Waals surface area contributed by atoms with E-state index in [1.54, 1.807) is 23.4 Å². The van der Waals surface area contributed by atoms with E-state index in [2.05, 4.69) is 10.1 Å². The number of hydrogen-bond acceptors (Lipinski definition) is 6. The van der Waals surface area contributed by atoms with Crippen LogP contribution in [0.3, 0.4) is 0 Å². The number of sulfonamides is 1. The van der Waals surface area contributed by atoms with Gasteiger partial charge in [-0.3, -0.25) is 9.69 Å². The largest absolute Gasteiger partial charge is 0.361 e. The van der Waals surface area contributed by atoms with Crippen LogP contribution in [-0.4, -0.2) is 65.8 Å². The lowest BCUT2D eigenvalue weighted by Crippen LogP contribution is -2.44. The zero-order valence-electron chi connectivity index (χ0n) is 22.5. The summed E-state index contributed by atoms with van der Waals surface area (Å²) < 4.78 is 34.7. The fraction of sp³-hybridized carbons (Fsp3) is 0.643. The van der Waals surface area contributed by atoms with Crippen LogP contribution < -0.4 is 0 Å². The fourth-order valence-corrected chi connectivity index (χ4v) is 8.35. The Labute approximate surface area is 231 Å². The van der Waals surface area contributed by atoms with Crippen LogP contribution in [0.25, 0.3) is 0 Å². The highest BCUT2D eigenvalue weighted by atomic mass is 35.5. The van der Waals surface area contributed by atoms with Crippen LogP contribution in [0, 0.1) is 13.8 Å². The first-order valence-corrected chi connectivity index (χ1v) is 15.8. The second-order valence-corrected chi connectivity index (χ2v) is 13.4. The zero-order valence-corrected chi connectivity index (χ0v) is 24.1. The topological polar surface area (TPSA) is 87.0 Å². The summed E-state index contributed by atoms with van der Waals surface area (Å²) in [5.74, 6) is 0.974. The third-order valence-corrected chi connectivity index (χ3v) is 10.9. The van der Waals surface area contributed by atoms with Crippen molar-refractivity contribution in [2.75, 3.05) is 26.2 Å². The number of benzene rings is 1. The van der Waals surface area contributed by atoms with Gasteiger partial charge in [0.25, 0.3) is 0 Å². The third-order valence-electron chi connectivity index (χ3n) is 8.39. The summed E-state index contributed by atoms with van der Waals surface area (Å²) >= 11 is 6.23. The molecule has 1 aromatic carbocycles. The molecule has 0 spiro atoms. The maximum absolute atomic E-state index is 13.7. The molecule has 208 valence electrons. The van der Waals surface area contributed by atoms with Crippen molar-refractivity contribution in [1.82, 2.24) is 19.3 Å². The number of aryl methyl sites for hydroxylation is 2. The summed E-state index contributed by atoms with van der Waals surface area (Å²) in [6, 6.07) is 3.22. The molecule has 10 heteroatoms. The van der Waals surface area contributed by atoms with Crippen LogP contribution in [0.15, 0.2) is 21.6 Å². The average molecular weight is 563 g/mol. The minimum Gasteiger partial charge on any atom is -0.361 e. The molecule has 3 aliphatic heterocycles. The van der Waals surface area contributed by atoms with Crippen molar-refractivity contribution in [3.63, 3.8) is 0 Å². The second kappa shape index (κ2) is 11.7. The van der Waals surface area contributed by atoms with Gasteiger partial charge in [-0.2, -0.15) is 4.31 Å². The van der Waals surface area contributed by atoms with E-state index in [1.165, 1.54) is 19.3 Å². The number of amides is 1. The van der Waals surface area contributed by atoms with Crippen LogP contribution in [0.1, 0.15) is 79.5 Å². The number of carbonyl (C=O) groups excluding carboxylic acids is 1. The van der Waals surface area contributed by atoms with Gasteiger partial charge in [-0.25, -0.2) is 8.42 Å². The van der Waals surface area contributed by atoms with Crippen molar-refractivity contribution < 1.29 is 17.7 Å². The number of likely N-dealkylation sites (tertiary alicyclic amines) is 1. The Morgan fingerprint density at radius 2 is 1.82 bits per heavy atom. The number of carbonyl (C=O) groups is 1. The van der Waals surface area contributed by atoms with Gasteiger partial charge in [0.2, 0.25) is 15.9 Å². The predicted octanol–water partition coefficient (Wildman–Crippen LogP) is 4.84. The Morgan fingerprint density at radius 3 is 2.61 bits per heavy atom. The van der Waals surface area contributed by atoms with Gasteiger partial charge < -0.3 is 9.42 Å². The molecule has 2 saturated heterocycles. The molecule has 0 aliphatic carbocycles. The molecule has 1 atom stereocenters. The number of halogens is 1. The maximum Gasteiger partial charge on any atom is 0.243 e. The first kappa shape index (κ1) is 27.6. The minimum absolute atomic E-state index is 0.0715. The average Bonchev–Trinajstić information content (AvgIpc) is 3.31. The third kappa shape index (κ3) is 5.81. The van der Waals surface area contributed by atoms with Gasteiger partial charge >= 0.3 is 0 Å². The van der Waals surface area contributed by atoms with E-state index in [-0.39, 0.29) is 11.9 Å². The molecule has 1 amide bonds. The zero-order chi connectivity index (χ0) is 26.9. The normalized spacial score (nSPS) is 21.4. The second-order valence-electron chi connectivity index (χ2n) is 11.1. The number of rotatable bonds is 7. The standard InChI is InChI=1S/C28H39ClN4O4S/c1-20-17-27(21(2)16-24(20)29)38(35,36)33-14-7-4-8-22(33)9-10-28(34)32-15-11-26-23(18-32)25(30-37-26)19-31-12-5-3-6-13-31/h16-17,22H,3-15,18-19H2,1-2H3. The van der Waals surface area contributed by atoms with Crippen molar-refractivity contribution in [3.05, 3.63) is 45.3 Å². The van der Waals surface area contributed by atoms with E-state index >= 15 is 0 Å². The fourth-order valence-electron chi connectivity index (χ4n) is 6.12. The van der Waals surface area contributed by atoms with Gasteiger partial charge in [-0.15, -0.1) is 0 Å². The smallest absolute Gasteiger partial charge is 0.243 e. The summed E-state index contributed by atoms with van der Waals surface area (Å²) in [4.78, 5) is 18.0. The highest BCUT2D eigenvalue weighted by molar-refractivity contribution is 7.89. The lowest BCUT2D eigenvalue weighted by atomic mass is 9.99. The molecule has 5 rings (SSSR count). The summed E-state index contributed by atoms with van der Waals surface area (Å²) in [6.45, 7) is 8.17. The Hall–Kier alpha value is -1.94. The van der Waals surface area contributed by atoms with Crippen molar-refractivity contribution in [1.29, 1.82) is 0 Å². The van der Waals surface area contributed by atoms with Crippen LogP contribution in [0.4, 0.5) is 0 Å². The summed E-state index contributed by atoms with van der Waals surface area (Å²) in [5.41, 5.74) is 3.42. The molecule has 1 aromatic heterocycles. The van der Waals surface area contributed by atoms with Gasteiger partial charge in [0.1, 0.15) is 11.5 Å². The number of hydrogen-bond donors (Lipinski definition) is 0. The first-order chi connectivity index (χ1) is 18.2. The van der Waals surface area contributed by atoms with Crippen molar-refractivity contribution in [2.45, 2.75) is 95.7 Å². The minimum atomic E-state index is -3.68. The molecule has 1 unspecified atom stereocenters. The van der Waals surface area contributed by atoms with Gasteiger partial charge in [0.15, 0.2) is 0 Å². The Morgan fingerprint density at radius 1 is 1.05 bits per heavy atom. The number of piperidine rings is 2. The molecule has 0 N–H and O–H groups in total. The van der Waals surface area contributed by atoms with Crippen LogP contribution in [0.2, 0.25) is 5.02 Å².